The van der Waals surface area contributed by atoms with Crippen LogP contribution in [0.3, 0.4) is 0 Å². The van der Waals surface area contributed by atoms with E-state index in [1.54, 1.807) is 18.3 Å². The van der Waals surface area contributed by atoms with Gasteiger partial charge in [-0.2, -0.15) is 0 Å². The van der Waals surface area contributed by atoms with E-state index in [-0.39, 0.29) is 11.9 Å². The molecular weight excluding hydrogens is 378 g/mol. The molecule has 3 aromatic rings. The van der Waals surface area contributed by atoms with Crippen LogP contribution in [0, 0.1) is 0 Å². The summed E-state index contributed by atoms with van der Waals surface area (Å²) in [5.74, 6) is 0.462. The molecule has 0 radical (unpaired) electrons. The fourth-order valence-corrected chi connectivity index (χ4v) is 3.56. The number of carbonyl (C=O) groups is 2. The molecule has 0 atom stereocenters. The van der Waals surface area contributed by atoms with E-state index in [0.29, 0.717) is 24.0 Å². The summed E-state index contributed by atoms with van der Waals surface area (Å²) in [5.41, 5.74) is 4.11. The fourth-order valence-electron chi connectivity index (χ4n) is 3.56. The van der Waals surface area contributed by atoms with Crippen molar-refractivity contribution in [1.29, 1.82) is 0 Å². The lowest BCUT2D eigenvalue weighted by molar-refractivity contribution is 0.102. The lowest BCUT2D eigenvalue weighted by Gasteiger charge is -2.30. The Morgan fingerprint density at radius 3 is 2.47 bits per heavy atom. The Kier molecular flexibility index (Phi) is 4.55. The van der Waals surface area contributed by atoms with Gasteiger partial charge in [-0.05, 0) is 55.3 Å². The Morgan fingerprint density at radius 1 is 1.00 bits per heavy atom. The first-order valence-electron chi connectivity index (χ1n) is 9.96. The molecule has 2 heterocycles. The van der Waals surface area contributed by atoms with Gasteiger partial charge in [-0.1, -0.05) is 18.2 Å². The molecule has 1 aliphatic heterocycles. The zero-order chi connectivity index (χ0) is 20.5. The van der Waals surface area contributed by atoms with Gasteiger partial charge < -0.3 is 15.5 Å². The molecule has 1 aromatic heterocycles. The van der Waals surface area contributed by atoms with E-state index >= 15 is 0 Å². The first kappa shape index (κ1) is 18.2. The largest absolute Gasteiger partial charge is 0.355 e. The van der Waals surface area contributed by atoms with Crippen molar-refractivity contribution in [3.8, 4) is 0 Å². The van der Waals surface area contributed by atoms with Gasteiger partial charge in [-0.3, -0.25) is 10.1 Å². The second kappa shape index (κ2) is 7.51. The van der Waals surface area contributed by atoms with Crippen LogP contribution >= 0.6 is 0 Å². The van der Waals surface area contributed by atoms with Gasteiger partial charge in [0.15, 0.2) is 0 Å². The summed E-state index contributed by atoms with van der Waals surface area (Å²) in [4.78, 5) is 30.7. The van der Waals surface area contributed by atoms with Crippen LogP contribution in [-0.4, -0.2) is 27.9 Å². The smallest absolute Gasteiger partial charge is 0.323 e. The minimum absolute atomic E-state index is 0.0758. The van der Waals surface area contributed by atoms with Crippen molar-refractivity contribution >= 4 is 34.8 Å². The average Bonchev–Trinajstić information content (AvgIpc) is 3.61. The van der Waals surface area contributed by atoms with Crippen molar-refractivity contribution in [2.24, 2.45) is 0 Å². The molecular formula is C23H21N5O2. The lowest BCUT2D eigenvalue weighted by Crippen LogP contribution is -2.40. The summed E-state index contributed by atoms with van der Waals surface area (Å²) in [6.45, 7) is 0.549. The van der Waals surface area contributed by atoms with Crippen LogP contribution in [0.1, 0.15) is 28.8 Å². The summed E-state index contributed by atoms with van der Waals surface area (Å²) in [6, 6.07) is 18.8. The Balaban J connectivity index is 1.30. The predicted molar refractivity (Wildman–Crippen MR) is 116 cm³/mol. The third kappa shape index (κ3) is 3.69. The van der Waals surface area contributed by atoms with Gasteiger partial charge in [0, 0.05) is 40.4 Å². The molecule has 1 aliphatic carbocycles. The van der Waals surface area contributed by atoms with Crippen molar-refractivity contribution in [3.05, 3.63) is 78.0 Å². The number of carbonyl (C=O) groups excluding carboxylic acids is 2. The number of fused-ring (bicyclic) bond motifs is 1. The maximum absolute atomic E-state index is 12.3. The number of nitrogens with one attached hydrogen (secondary N) is 3. The summed E-state index contributed by atoms with van der Waals surface area (Å²) < 4.78 is 0. The number of urea groups is 1. The molecule has 2 aromatic carbocycles. The number of aromatic nitrogens is 1. The van der Waals surface area contributed by atoms with Gasteiger partial charge >= 0.3 is 6.03 Å². The van der Waals surface area contributed by atoms with E-state index in [2.05, 4.69) is 20.9 Å². The van der Waals surface area contributed by atoms with E-state index < -0.39 is 0 Å². The Bertz CT molecular complexity index is 1090. The van der Waals surface area contributed by atoms with E-state index in [4.69, 9.17) is 0 Å². The lowest BCUT2D eigenvalue weighted by atomic mass is 10.1. The van der Waals surface area contributed by atoms with Gasteiger partial charge in [-0.15, -0.1) is 0 Å². The number of benzene rings is 2. The van der Waals surface area contributed by atoms with Gasteiger partial charge in [0.1, 0.15) is 5.82 Å². The van der Waals surface area contributed by atoms with Crippen molar-refractivity contribution in [1.82, 2.24) is 9.88 Å². The number of hydrogen-bond acceptors (Lipinski definition) is 4. The van der Waals surface area contributed by atoms with Gasteiger partial charge in [0.05, 0.1) is 6.54 Å². The summed E-state index contributed by atoms with van der Waals surface area (Å²) in [7, 11) is 0. The Labute approximate surface area is 174 Å². The minimum atomic E-state index is -0.143. The molecule has 3 N–H and O–H groups in total. The second-order valence-electron chi connectivity index (χ2n) is 7.50. The van der Waals surface area contributed by atoms with Crippen LogP contribution in [0.5, 0.6) is 0 Å². The maximum Gasteiger partial charge on any atom is 0.323 e. The molecule has 0 unspecified atom stereocenters. The van der Waals surface area contributed by atoms with Gasteiger partial charge in [-0.25, -0.2) is 9.78 Å². The van der Waals surface area contributed by atoms with Crippen LogP contribution in [0.15, 0.2) is 66.9 Å². The number of nitrogens with zero attached hydrogens (tertiary/aromatic N) is 2. The topological polar surface area (TPSA) is 86.4 Å². The van der Waals surface area contributed by atoms with Crippen molar-refractivity contribution in [2.75, 3.05) is 16.0 Å². The summed E-state index contributed by atoms with van der Waals surface area (Å²) >= 11 is 0. The number of amides is 3. The van der Waals surface area contributed by atoms with Crippen LogP contribution in [0.2, 0.25) is 0 Å². The van der Waals surface area contributed by atoms with Crippen molar-refractivity contribution < 1.29 is 9.59 Å². The number of pyridine rings is 1. The molecule has 7 heteroatoms. The quantitative estimate of drug-likeness (QED) is 0.586. The number of rotatable bonds is 5. The molecule has 7 nitrogen and oxygen atoms in total. The summed E-state index contributed by atoms with van der Waals surface area (Å²) in [6.07, 6.45) is 3.80. The Morgan fingerprint density at radius 2 is 1.73 bits per heavy atom. The van der Waals surface area contributed by atoms with Gasteiger partial charge in [0.2, 0.25) is 0 Å². The van der Waals surface area contributed by atoms with Crippen LogP contribution < -0.4 is 16.0 Å². The number of anilines is 4. The highest BCUT2D eigenvalue weighted by molar-refractivity contribution is 6.04. The molecule has 1 saturated carbocycles. The van der Waals surface area contributed by atoms with E-state index in [9.17, 15) is 9.59 Å². The third-order valence-corrected chi connectivity index (χ3v) is 5.32. The van der Waals surface area contributed by atoms with Crippen LogP contribution in [-0.2, 0) is 6.54 Å². The highest BCUT2D eigenvalue weighted by Gasteiger charge is 2.36. The van der Waals surface area contributed by atoms with E-state index in [0.717, 1.165) is 35.5 Å². The monoisotopic (exact) mass is 399 g/mol. The van der Waals surface area contributed by atoms with Crippen LogP contribution in [0.4, 0.5) is 27.7 Å². The fraction of sp³-hybridized carbons (Fsp3) is 0.174. The molecule has 0 saturated heterocycles. The SMILES string of the molecule is O=C(Nc1ccc(Nc2ccnc3c2CN(C2CC2)C(=O)N3)cc1)c1ccccc1. The van der Waals surface area contributed by atoms with E-state index in [1.165, 1.54) is 0 Å². The minimum Gasteiger partial charge on any atom is -0.355 e. The van der Waals surface area contributed by atoms with Crippen molar-refractivity contribution in [3.63, 3.8) is 0 Å². The van der Waals surface area contributed by atoms with Crippen molar-refractivity contribution in [2.45, 2.75) is 25.4 Å². The van der Waals surface area contributed by atoms with Crippen LogP contribution in [0.25, 0.3) is 0 Å². The Hall–Kier alpha value is -3.87. The molecule has 3 amide bonds. The number of hydrogen-bond donors (Lipinski definition) is 3. The molecule has 1 fully saturated rings. The highest BCUT2D eigenvalue weighted by Crippen LogP contribution is 2.36. The first-order valence-corrected chi connectivity index (χ1v) is 9.96. The second-order valence-corrected chi connectivity index (χ2v) is 7.50. The van der Waals surface area contributed by atoms with Gasteiger partial charge in [0.25, 0.3) is 5.91 Å². The zero-order valence-corrected chi connectivity index (χ0v) is 16.3. The predicted octanol–water partition coefficient (Wildman–Crippen LogP) is 4.59. The standard InChI is InChI=1S/C23H21N5O2/c29-22(15-4-2-1-3-5-15)26-17-8-6-16(7-9-17)25-20-12-13-24-21-19(20)14-28(18-10-11-18)23(30)27-21/h1-9,12-13,18H,10-11,14H2,(H,26,29)(H2,24,25,27,30). The molecule has 30 heavy (non-hydrogen) atoms. The molecule has 5 rings (SSSR count). The average molecular weight is 399 g/mol. The normalized spacial score (nSPS) is 15.2. The molecule has 2 aliphatic rings. The first-order chi connectivity index (χ1) is 14.7. The molecule has 0 bridgehead atoms. The molecule has 150 valence electrons. The maximum atomic E-state index is 12.3. The van der Waals surface area contributed by atoms with E-state index in [1.807, 2.05) is 53.4 Å². The molecule has 0 spiro atoms. The zero-order valence-electron chi connectivity index (χ0n) is 16.3. The third-order valence-electron chi connectivity index (χ3n) is 5.32. The highest BCUT2D eigenvalue weighted by atomic mass is 16.2. The summed E-state index contributed by atoms with van der Waals surface area (Å²) in [5, 5.41) is 9.20.